The Hall–Kier alpha value is -2.25. The Morgan fingerprint density at radius 2 is 1.96 bits per heavy atom. The largest absolute Gasteiger partial charge is 0.332 e. The second kappa shape index (κ2) is 7.29. The number of amides is 1. The second-order valence-electron chi connectivity index (χ2n) is 7.60. The van der Waals surface area contributed by atoms with Crippen molar-refractivity contribution in [3.63, 3.8) is 0 Å². The van der Waals surface area contributed by atoms with Gasteiger partial charge in [0.25, 0.3) is 5.91 Å². The van der Waals surface area contributed by atoms with E-state index in [0.29, 0.717) is 5.92 Å². The molecule has 3 aromatic heterocycles. The van der Waals surface area contributed by atoms with Crippen molar-refractivity contribution in [2.45, 2.75) is 40.3 Å². The number of fused-ring (bicyclic) bond motifs is 2. The topological polar surface area (TPSA) is 51.0 Å². The maximum atomic E-state index is 13.2. The molecule has 0 saturated carbocycles. The summed E-state index contributed by atoms with van der Waals surface area (Å²) in [6.45, 7) is 9.25. The van der Waals surface area contributed by atoms with E-state index >= 15 is 0 Å². The third-order valence-corrected chi connectivity index (χ3v) is 7.27. The zero-order chi connectivity index (χ0) is 20.0. The summed E-state index contributed by atoms with van der Waals surface area (Å²) in [5.41, 5.74) is 1.97. The lowest BCUT2D eigenvalue weighted by molar-refractivity contribution is 0.0747. The highest BCUT2D eigenvalue weighted by molar-refractivity contribution is 7.20. The van der Waals surface area contributed by atoms with Crippen molar-refractivity contribution in [1.82, 2.24) is 19.7 Å². The third-order valence-electron chi connectivity index (χ3n) is 4.93. The molecular weight excluding hydrogens is 388 g/mol. The Morgan fingerprint density at radius 3 is 2.68 bits per heavy atom. The van der Waals surface area contributed by atoms with Gasteiger partial charge in [0.05, 0.1) is 26.8 Å². The second-order valence-corrected chi connectivity index (χ2v) is 9.70. The number of aromatic nitrogens is 3. The van der Waals surface area contributed by atoms with E-state index in [9.17, 15) is 4.79 Å². The number of aryl methyl sites for hydroxylation is 1. The minimum atomic E-state index is -0.0802. The molecule has 146 valence electrons. The summed E-state index contributed by atoms with van der Waals surface area (Å²) in [5.74, 6) is 0.536. The van der Waals surface area contributed by atoms with E-state index in [-0.39, 0.29) is 11.9 Å². The minimum Gasteiger partial charge on any atom is -0.332 e. The molecule has 0 aliphatic carbocycles. The van der Waals surface area contributed by atoms with Crippen molar-refractivity contribution < 1.29 is 4.79 Å². The molecule has 1 unspecified atom stereocenters. The summed E-state index contributed by atoms with van der Waals surface area (Å²) in [6.07, 6.45) is 0. The van der Waals surface area contributed by atoms with E-state index in [0.717, 1.165) is 42.6 Å². The van der Waals surface area contributed by atoms with Crippen LogP contribution in [0.4, 0.5) is 0 Å². The standard InChI is InChI=1S/C21H24N4OS2/c1-12(2)11-25-21-15(13(3)23-25)10-18(28-21)20(26)24(5)14(4)19-22-16-8-6-7-9-17(16)27-19/h6-10,12,14H,11H2,1-5H3. The maximum absolute atomic E-state index is 13.2. The molecule has 0 saturated heterocycles. The molecule has 5 nitrogen and oxygen atoms in total. The van der Waals surface area contributed by atoms with Gasteiger partial charge in [-0.1, -0.05) is 26.0 Å². The van der Waals surface area contributed by atoms with Crippen LogP contribution in [0.15, 0.2) is 30.3 Å². The molecule has 0 fully saturated rings. The number of carbonyl (C=O) groups excluding carboxylic acids is 1. The van der Waals surface area contributed by atoms with Crippen LogP contribution in [0.2, 0.25) is 0 Å². The van der Waals surface area contributed by atoms with Crippen molar-refractivity contribution in [1.29, 1.82) is 0 Å². The quantitative estimate of drug-likeness (QED) is 0.434. The summed E-state index contributed by atoms with van der Waals surface area (Å²) < 4.78 is 3.18. The van der Waals surface area contributed by atoms with E-state index in [2.05, 4.69) is 25.0 Å². The fraction of sp³-hybridized carbons (Fsp3) is 0.381. The summed E-state index contributed by atoms with van der Waals surface area (Å²) in [4.78, 5) is 21.5. The lowest BCUT2D eigenvalue weighted by Gasteiger charge is -2.22. The molecule has 0 bridgehead atoms. The van der Waals surface area contributed by atoms with Crippen molar-refractivity contribution in [3.8, 4) is 0 Å². The van der Waals surface area contributed by atoms with Crippen LogP contribution in [-0.4, -0.2) is 32.6 Å². The van der Waals surface area contributed by atoms with Crippen molar-refractivity contribution in [2.24, 2.45) is 5.92 Å². The van der Waals surface area contributed by atoms with Gasteiger partial charge in [0.2, 0.25) is 0 Å². The molecule has 4 aromatic rings. The van der Waals surface area contributed by atoms with Crippen LogP contribution in [0.1, 0.15) is 47.2 Å². The first-order valence-electron chi connectivity index (χ1n) is 9.44. The van der Waals surface area contributed by atoms with E-state index in [1.807, 2.05) is 49.8 Å². The number of thiophene rings is 1. The number of nitrogens with zero attached hydrogens (tertiary/aromatic N) is 4. The van der Waals surface area contributed by atoms with Crippen molar-refractivity contribution >= 4 is 49.0 Å². The number of hydrogen-bond donors (Lipinski definition) is 0. The average molecular weight is 413 g/mol. The van der Waals surface area contributed by atoms with Gasteiger partial charge in [0.15, 0.2) is 0 Å². The number of thiazole rings is 1. The number of rotatable bonds is 5. The molecule has 0 radical (unpaired) electrons. The molecule has 4 rings (SSSR count). The molecule has 0 N–H and O–H groups in total. The molecular formula is C21H24N4OS2. The number of hydrogen-bond acceptors (Lipinski definition) is 5. The monoisotopic (exact) mass is 412 g/mol. The SMILES string of the molecule is Cc1nn(CC(C)C)c2sc(C(=O)N(C)C(C)c3nc4ccccc4s3)cc12. The molecule has 0 aliphatic heterocycles. The van der Waals surface area contributed by atoms with Crippen LogP contribution < -0.4 is 0 Å². The lowest BCUT2D eigenvalue weighted by Crippen LogP contribution is -2.29. The Kier molecular flexibility index (Phi) is 4.97. The molecule has 0 spiro atoms. The molecule has 0 aliphatic rings. The van der Waals surface area contributed by atoms with Crippen LogP contribution in [0.25, 0.3) is 20.4 Å². The number of para-hydroxylation sites is 1. The molecule has 1 atom stereocenters. The Morgan fingerprint density at radius 1 is 1.21 bits per heavy atom. The number of carbonyl (C=O) groups is 1. The molecule has 7 heteroatoms. The van der Waals surface area contributed by atoms with Gasteiger partial charge in [-0.2, -0.15) is 5.10 Å². The van der Waals surface area contributed by atoms with Crippen LogP contribution in [0.3, 0.4) is 0 Å². The van der Waals surface area contributed by atoms with Gasteiger partial charge >= 0.3 is 0 Å². The molecule has 1 amide bonds. The van der Waals surface area contributed by atoms with Gasteiger partial charge in [-0.05, 0) is 38.0 Å². The molecule has 28 heavy (non-hydrogen) atoms. The van der Waals surface area contributed by atoms with E-state index in [1.54, 1.807) is 16.2 Å². The van der Waals surface area contributed by atoms with E-state index in [1.165, 1.54) is 11.3 Å². The van der Waals surface area contributed by atoms with Crippen LogP contribution in [0.5, 0.6) is 0 Å². The zero-order valence-electron chi connectivity index (χ0n) is 16.8. The fourth-order valence-electron chi connectivity index (χ4n) is 3.27. The zero-order valence-corrected chi connectivity index (χ0v) is 18.4. The smallest absolute Gasteiger partial charge is 0.264 e. The fourth-order valence-corrected chi connectivity index (χ4v) is 5.49. The van der Waals surface area contributed by atoms with Crippen LogP contribution >= 0.6 is 22.7 Å². The highest BCUT2D eigenvalue weighted by Crippen LogP contribution is 2.33. The Balaban J connectivity index is 1.62. The summed E-state index contributed by atoms with van der Waals surface area (Å²) in [7, 11) is 1.86. The number of benzene rings is 1. The van der Waals surface area contributed by atoms with E-state index < -0.39 is 0 Å². The van der Waals surface area contributed by atoms with Gasteiger partial charge in [0, 0.05) is 19.0 Å². The summed E-state index contributed by atoms with van der Waals surface area (Å²) in [6, 6.07) is 10.0. The molecule has 1 aromatic carbocycles. The normalized spacial score (nSPS) is 12.9. The van der Waals surface area contributed by atoms with Gasteiger partial charge in [-0.25, -0.2) is 4.98 Å². The van der Waals surface area contributed by atoms with Gasteiger partial charge in [-0.3, -0.25) is 9.48 Å². The average Bonchev–Trinajstić information content (AvgIpc) is 3.35. The summed E-state index contributed by atoms with van der Waals surface area (Å²) >= 11 is 3.18. The van der Waals surface area contributed by atoms with E-state index in [4.69, 9.17) is 4.98 Å². The first-order chi connectivity index (χ1) is 13.3. The molecule has 3 heterocycles. The Labute approximate surface area is 172 Å². The first-order valence-corrected chi connectivity index (χ1v) is 11.1. The highest BCUT2D eigenvalue weighted by Gasteiger charge is 2.24. The summed E-state index contributed by atoms with van der Waals surface area (Å²) in [5, 5.41) is 6.67. The van der Waals surface area contributed by atoms with Crippen molar-refractivity contribution in [3.05, 3.63) is 45.9 Å². The maximum Gasteiger partial charge on any atom is 0.264 e. The predicted octanol–water partition coefficient (Wildman–Crippen LogP) is 5.51. The van der Waals surface area contributed by atoms with Crippen LogP contribution in [0, 0.1) is 12.8 Å². The lowest BCUT2D eigenvalue weighted by atomic mass is 10.2. The van der Waals surface area contributed by atoms with Gasteiger partial charge in [0.1, 0.15) is 9.84 Å². The third kappa shape index (κ3) is 3.33. The minimum absolute atomic E-state index is 0.0310. The Bertz CT molecular complexity index is 1120. The van der Waals surface area contributed by atoms with Crippen molar-refractivity contribution in [2.75, 3.05) is 7.05 Å². The van der Waals surface area contributed by atoms with Gasteiger partial charge < -0.3 is 4.90 Å². The predicted molar refractivity (Wildman–Crippen MR) is 117 cm³/mol. The highest BCUT2D eigenvalue weighted by atomic mass is 32.1. The van der Waals surface area contributed by atoms with Crippen LogP contribution in [-0.2, 0) is 6.54 Å². The first kappa shape index (κ1) is 19.1. The van der Waals surface area contributed by atoms with Gasteiger partial charge in [-0.15, -0.1) is 22.7 Å².